The molecule has 3 N–H and O–H groups in total. The van der Waals surface area contributed by atoms with Gasteiger partial charge in [-0.1, -0.05) is 6.07 Å². The number of carbonyl (C=O) groups is 1. The standard InChI is InChI=1S/C25H30N6O3/c1-17-4-5-19-12-18(17)15-31(2)10-8-25(32)26-9-11-34-22-13-20(6-7-21(22)33-3)30-24-14-23(29-19)27-16-28-24/h4-7,12-14,16H,8-11,15H2,1-3H3,(H,26,32)(H2,27,28,29,30). The molecule has 0 saturated heterocycles. The highest BCUT2D eigenvalue weighted by Gasteiger charge is 2.11. The number of aryl methyl sites for hydroxylation is 1. The number of aromatic nitrogens is 2. The average Bonchev–Trinajstić information content (AvgIpc) is 2.82. The molecule has 0 atom stereocenters. The third-order valence-corrected chi connectivity index (χ3v) is 5.57. The fourth-order valence-electron chi connectivity index (χ4n) is 3.68. The minimum Gasteiger partial charge on any atom is -0.493 e. The van der Waals surface area contributed by atoms with Crippen LogP contribution in [0.15, 0.2) is 48.8 Å². The Morgan fingerprint density at radius 1 is 1.03 bits per heavy atom. The molecular formula is C25H30N6O3. The molecule has 1 amide bonds. The van der Waals surface area contributed by atoms with Crippen molar-refractivity contribution in [2.24, 2.45) is 0 Å². The number of hydrogen-bond donors (Lipinski definition) is 3. The first-order valence-corrected chi connectivity index (χ1v) is 11.2. The summed E-state index contributed by atoms with van der Waals surface area (Å²) in [6.45, 7) is 4.22. The zero-order chi connectivity index (χ0) is 23.9. The quantitative estimate of drug-likeness (QED) is 0.504. The topological polar surface area (TPSA) is 101 Å². The van der Waals surface area contributed by atoms with Crippen LogP contribution in [0.2, 0.25) is 0 Å². The summed E-state index contributed by atoms with van der Waals surface area (Å²) in [6.07, 6.45) is 1.93. The summed E-state index contributed by atoms with van der Waals surface area (Å²) in [5, 5.41) is 9.56. The summed E-state index contributed by atoms with van der Waals surface area (Å²) in [4.78, 5) is 23.1. The number of carbonyl (C=O) groups excluding carboxylic acids is 1. The van der Waals surface area contributed by atoms with Crippen LogP contribution in [0.25, 0.3) is 0 Å². The molecular weight excluding hydrogens is 432 g/mol. The van der Waals surface area contributed by atoms with E-state index >= 15 is 0 Å². The molecule has 3 aromatic rings. The highest BCUT2D eigenvalue weighted by atomic mass is 16.5. The molecule has 6 bridgehead atoms. The van der Waals surface area contributed by atoms with Crippen LogP contribution in [0.4, 0.5) is 23.0 Å². The summed E-state index contributed by atoms with van der Waals surface area (Å²) in [7, 11) is 3.61. The summed E-state index contributed by atoms with van der Waals surface area (Å²) >= 11 is 0. The smallest absolute Gasteiger partial charge is 0.221 e. The molecule has 1 aliphatic heterocycles. The zero-order valence-electron chi connectivity index (χ0n) is 19.7. The van der Waals surface area contributed by atoms with Gasteiger partial charge in [-0.2, -0.15) is 0 Å². The molecule has 0 saturated carbocycles. The van der Waals surface area contributed by atoms with Crippen LogP contribution in [-0.4, -0.2) is 54.6 Å². The number of fused-ring (bicyclic) bond motifs is 6. The third kappa shape index (κ3) is 6.14. The predicted molar refractivity (Wildman–Crippen MR) is 132 cm³/mol. The predicted octanol–water partition coefficient (Wildman–Crippen LogP) is 3.61. The Hall–Kier alpha value is -3.85. The van der Waals surface area contributed by atoms with Gasteiger partial charge in [0.1, 0.15) is 24.6 Å². The van der Waals surface area contributed by atoms with Gasteiger partial charge in [0.15, 0.2) is 11.5 Å². The fraction of sp³-hybridized carbons (Fsp3) is 0.320. The molecule has 9 heteroatoms. The number of rotatable bonds is 1. The number of amides is 1. The highest BCUT2D eigenvalue weighted by molar-refractivity contribution is 5.76. The first kappa shape index (κ1) is 23.3. The van der Waals surface area contributed by atoms with Crippen molar-refractivity contribution in [3.63, 3.8) is 0 Å². The van der Waals surface area contributed by atoms with E-state index in [2.05, 4.69) is 49.9 Å². The van der Waals surface area contributed by atoms with Crippen LogP contribution in [0.3, 0.4) is 0 Å². The van der Waals surface area contributed by atoms with E-state index in [0.717, 1.165) is 17.9 Å². The number of nitrogens with one attached hydrogen (secondary N) is 3. The van der Waals surface area contributed by atoms with Crippen molar-refractivity contribution in [2.45, 2.75) is 19.9 Å². The second-order valence-corrected chi connectivity index (χ2v) is 8.23. The van der Waals surface area contributed by atoms with E-state index in [-0.39, 0.29) is 5.91 Å². The maximum Gasteiger partial charge on any atom is 0.221 e. The van der Waals surface area contributed by atoms with E-state index < -0.39 is 0 Å². The van der Waals surface area contributed by atoms with Crippen molar-refractivity contribution in [3.05, 3.63) is 59.9 Å². The lowest BCUT2D eigenvalue weighted by Crippen LogP contribution is -2.31. The zero-order valence-corrected chi connectivity index (χ0v) is 19.7. The second-order valence-electron chi connectivity index (χ2n) is 8.23. The first-order chi connectivity index (χ1) is 16.5. The Bertz CT molecular complexity index is 1150. The van der Waals surface area contributed by atoms with Crippen LogP contribution in [0, 0.1) is 6.92 Å². The van der Waals surface area contributed by atoms with Gasteiger partial charge in [-0.3, -0.25) is 4.79 Å². The molecule has 0 spiro atoms. The van der Waals surface area contributed by atoms with Crippen molar-refractivity contribution in [2.75, 3.05) is 44.5 Å². The van der Waals surface area contributed by atoms with Crippen LogP contribution < -0.4 is 25.4 Å². The van der Waals surface area contributed by atoms with E-state index in [9.17, 15) is 4.79 Å². The molecule has 178 valence electrons. The Morgan fingerprint density at radius 3 is 2.53 bits per heavy atom. The summed E-state index contributed by atoms with van der Waals surface area (Å²) in [5.41, 5.74) is 4.11. The van der Waals surface area contributed by atoms with Gasteiger partial charge in [0.2, 0.25) is 5.91 Å². The molecule has 9 nitrogen and oxygen atoms in total. The van der Waals surface area contributed by atoms with Gasteiger partial charge in [-0.05, 0) is 49.4 Å². The molecule has 0 fully saturated rings. The summed E-state index contributed by atoms with van der Waals surface area (Å²) in [5.74, 6) is 2.51. The van der Waals surface area contributed by atoms with E-state index in [1.54, 1.807) is 7.11 Å². The van der Waals surface area contributed by atoms with Gasteiger partial charge >= 0.3 is 0 Å². The molecule has 0 unspecified atom stereocenters. The molecule has 4 rings (SSSR count). The molecule has 1 aliphatic rings. The van der Waals surface area contributed by atoms with Crippen molar-refractivity contribution in [1.29, 1.82) is 0 Å². The van der Waals surface area contributed by atoms with Crippen molar-refractivity contribution in [1.82, 2.24) is 20.2 Å². The maximum atomic E-state index is 12.3. The Balaban J connectivity index is 1.62. The Kier molecular flexibility index (Phi) is 7.44. The average molecular weight is 463 g/mol. The lowest BCUT2D eigenvalue weighted by molar-refractivity contribution is -0.121. The molecule has 1 aromatic heterocycles. The molecule has 0 radical (unpaired) electrons. The molecule has 0 aliphatic carbocycles. The van der Waals surface area contributed by atoms with Crippen LogP contribution in [0.5, 0.6) is 11.5 Å². The largest absolute Gasteiger partial charge is 0.493 e. The third-order valence-electron chi connectivity index (χ3n) is 5.57. The van der Waals surface area contributed by atoms with Gasteiger partial charge in [0.25, 0.3) is 0 Å². The van der Waals surface area contributed by atoms with Crippen LogP contribution in [0.1, 0.15) is 17.5 Å². The SMILES string of the molecule is COc1ccc2cc1OCCNC(=O)CCN(C)Cc1cc(ccc1C)Nc1cc(ncn1)N2. The van der Waals surface area contributed by atoms with Crippen molar-refractivity contribution >= 4 is 28.9 Å². The molecule has 2 heterocycles. The Morgan fingerprint density at radius 2 is 1.76 bits per heavy atom. The summed E-state index contributed by atoms with van der Waals surface area (Å²) < 4.78 is 11.3. The van der Waals surface area contributed by atoms with Gasteiger partial charge in [-0.25, -0.2) is 9.97 Å². The number of nitrogens with zero attached hydrogens (tertiary/aromatic N) is 3. The fourth-order valence-corrected chi connectivity index (χ4v) is 3.68. The highest BCUT2D eigenvalue weighted by Crippen LogP contribution is 2.31. The number of ether oxygens (including phenoxy) is 2. The number of anilines is 4. The van der Waals surface area contributed by atoms with E-state index in [1.807, 2.05) is 37.4 Å². The minimum absolute atomic E-state index is 0.00462. The van der Waals surface area contributed by atoms with Crippen molar-refractivity contribution < 1.29 is 14.3 Å². The van der Waals surface area contributed by atoms with Gasteiger partial charge < -0.3 is 30.3 Å². The number of hydrogen-bond acceptors (Lipinski definition) is 8. The second kappa shape index (κ2) is 10.8. The van der Waals surface area contributed by atoms with E-state index in [0.29, 0.717) is 49.3 Å². The maximum absolute atomic E-state index is 12.3. The van der Waals surface area contributed by atoms with Crippen molar-refractivity contribution in [3.8, 4) is 11.5 Å². The lowest BCUT2D eigenvalue weighted by atomic mass is 10.1. The lowest BCUT2D eigenvalue weighted by Gasteiger charge is -2.19. The summed E-state index contributed by atoms with van der Waals surface area (Å²) in [6, 6.07) is 13.6. The number of benzene rings is 2. The van der Waals surface area contributed by atoms with Gasteiger partial charge in [-0.15, -0.1) is 0 Å². The monoisotopic (exact) mass is 462 g/mol. The van der Waals surface area contributed by atoms with E-state index in [1.165, 1.54) is 17.5 Å². The normalized spacial score (nSPS) is 15.2. The Labute approximate surface area is 199 Å². The molecule has 2 aromatic carbocycles. The van der Waals surface area contributed by atoms with Gasteiger partial charge in [0.05, 0.1) is 13.7 Å². The van der Waals surface area contributed by atoms with Crippen LogP contribution >= 0.6 is 0 Å². The molecule has 34 heavy (non-hydrogen) atoms. The minimum atomic E-state index is -0.00462. The van der Waals surface area contributed by atoms with E-state index in [4.69, 9.17) is 9.47 Å². The van der Waals surface area contributed by atoms with Gasteiger partial charge in [0, 0.05) is 43.0 Å². The van der Waals surface area contributed by atoms with Crippen LogP contribution in [-0.2, 0) is 11.3 Å². The number of methoxy groups -OCH3 is 1. The first-order valence-electron chi connectivity index (χ1n) is 11.2.